The lowest BCUT2D eigenvalue weighted by atomic mass is 10.1. The summed E-state index contributed by atoms with van der Waals surface area (Å²) in [5.74, 6) is 1.27. The number of alkyl halides is 3. The molecule has 2 aliphatic rings. The summed E-state index contributed by atoms with van der Waals surface area (Å²) < 4.78 is 40.5. The van der Waals surface area contributed by atoms with Gasteiger partial charge in [-0.05, 0) is 38.0 Å². The van der Waals surface area contributed by atoms with Gasteiger partial charge in [0.05, 0.1) is 16.8 Å². The van der Waals surface area contributed by atoms with Crippen LogP contribution in [-0.2, 0) is 6.18 Å². The first kappa shape index (κ1) is 23.8. The molecule has 2 saturated heterocycles. The van der Waals surface area contributed by atoms with Crippen molar-refractivity contribution in [3.8, 4) is 17.3 Å². The largest absolute Gasteiger partial charge is 0.419 e. The molecule has 36 heavy (non-hydrogen) atoms. The van der Waals surface area contributed by atoms with Gasteiger partial charge in [-0.1, -0.05) is 0 Å². The van der Waals surface area contributed by atoms with Gasteiger partial charge < -0.3 is 14.7 Å². The van der Waals surface area contributed by atoms with Crippen molar-refractivity contribution in [2.45, 2.75) is 32.0 Å². The van der Waals surface area contributed by atoms with Crippen molar-refractivity contribution < 1.29 is 13.2 Å². The molecular formula is C25H25F3N8. The molecule has 5 rings (SSSR count). The van der Waals surface area contributed by atoms with Crippen molar-refractivity contribution >= 4 is 17.6 Å². The Bertz CT molecular complexity index is 1280. The summed E-state index contributed by atoms with van der Waals surface area (Å²) in [5, 5.41) is 9.30. The normalized spacial score (nSPS) is 18.4. The zero-order chi connectivity index (χ0) is 25.3. The molecule has 1 unspecified atom stereocenters. The first-order valence-electron chi connectivity index (χ1n) is 11.9. The second kappa shape index (κ2) is 9.60. The molecule has 0 bridgehead atoms. The minimum Gasteiger partial charge on any atom is -0.353 e. The Morgan fingerprint density at radius 1 is 1.03 bits per heavy atom. The molecule has 0 N–H and O–H groups in total. The highest BCUT2D eigenvalue weighted by Crippen LogP contribution is 2.36. The zero-order valence-corrected chi connectivity index (χ0v) is 19.8. The summed E-state index contributed by atoms with van der Waals surface area (Å²) in [4.78, 5) is 23.8. The Morgan fingerprint density at radius 3 is 2.50 bits per heavy atom. The van der Waals surface area contributed by atoms with Gasteiger partial charge in [0.2, 0.25) is 5.95 Å². The van der Waals surface area contributed by atoms with Gasteiger partial charge in [0.15, 0.2) is 0 Å². The summed E-state index contributed by atoms with van der Waals surface area (Å²) in [6.45, 7) is 4.71. The van der Waals surface area contributed by atoms with E-state index in [1.54, 1.807) is 17.2 Å². The Hall–Kier alpha value is -3.94. The predicted octanol–water partition coefficient (Wildman–Crippen LogP) is 4.14. The van der Waals surface area contributed by atoms with Crippen LogP contribution in [0.4, 0.5) is 30.8 Å². The zero-order valence-electron chi connectivity index (χ0n) is 19.8. The van der Waals surface area contributed by atoms with Crippen LogP contribution in [0, 0.1) is 11.3 Å². The fourth-order valence-corrected chi connectivity index (χ4v) is 4.75. The summed E-state index contributed by atoms with van der Waals surface area (Å²) in [6, 6.07) is 8.39. The lowest BCUT2D eigenvalue weighted by Gasteiger charge is -2.37. The van der Waals surface area contributed by atoms with Crippen molar-refractivity contribution in [2.75, 3.05) is 47.4 Å². The van der Waals surface area contributed by atoms with E-state index in [4.69, 9.17) is 9.97 Å². The molecule has 0 amide bonds. The third kappa shape index (κ3) is 4.76. The van der Waals surface area contributed by atoms with Gasteiger partial charge in [-0.25, -0.2) is 9.97 Å². The molecule has 8 nitrogen and oxygen atoms in total. The SMILES string of the molecule is CC1CCCN1c1nc(-c2cncc(C#N)c2)cc(N2CCN(c3ncccc3C(F)(F)F)CC2)n1. The van der Waals surface area contributed by atoms with Crippen LogP contribution in [-0.4, -0.2) is 58.7 Å². The van der Waals surface area contributed by atoms with Gasteiger partial charge in [0, 0.05) is 69.0 Å². The highest BCUT2D eigenvalue weighted by atomic mass is 19.4. The molecule has 2 fully saturated rings. The fourth-order valence-electron chi connectivity index (χ4n) is 4.75. The topological polar surface area (TPSA) is 85.1 Å². The van der Waals surface area contributed by atoms with Gasteiger partial charge in [0.1, 0.15) is 17.7 Å². The van der Waals surface area contributed by atoms with Gasteiger partial charge in [-0.2, -0.15) is 23.4 Å². The number of aromatic nitrogens is 4. The highest BCUT2D eigenvalue weighted by Gasteiger charge is 2.36. The van der Waals surface area contributed by atoms with E-state index < -0.39 is 11.7 Å². The van der Waals surface area contributed by atoms with Crippen LogP contribution in [0.2, 0.25) is 0 Å². The van der Waals surface area contributed by atoms with Crippen molar-refractivity contribution in [1.29, 1.82) is 5.26 Å². The number of anilines is 3. The number of rotatable bonds is 4. The second-order valence-corrected chi connectivity index (χ2v) is 9.02. The maximum atomic E-state index is 13.5. The Labute approximate surface area is 207 Å². The standard InChI is InChI=1S/C25H25F3N8/c1-17-4-3-7-36(17)24-32-21(19-12-18(14-29)15-30-16-19)13-22(33-24)34-8-10-35(11-9-34)23-20(25(26,27)28)5-2-6-31-23/h2,5-6,12-13,15-17H,3-4,7-11H2,1H3. The smallest absolute Gasteiger partial charge is 0.353 e. The van der Waals surface area contributed by atoms with Crippen LogP contribution in [0.1, 0.15) is 30.9 Å². The number of nitrogens with zero attached hydrogens (tertiary/aromatic N) is 8. The van der Waals surface area contributed by atoms with Crippen molar-refractivity contribution in [1.82, 2.24) is 19.9 Å². The third-order valence-corrected chi connectivity index (χ3v) is 6.67. The number of halogens is 3. The van der Waals surface area contributed by atoms with Gasteiger partial charge in [0.25, 0.3) is 0 Å². The van der Waals surface area contributed by atoms with E-state index in [1.807, 2.05) is 6.07 Å². The maximum Gasteiger partial charge on any atom is 0.419 e. The van der Waals surface area contributed by atoms with Crippen LogP contribution in [0.3, 0.4) is 0 Å². The number of hydrogen-bond acceptors (Lipinski definition) is 8. The van der Waals surface area contributed by atoms with Crippen LogP contribution in [0.5, 0.6) is 0 Å². The average molecular weight is 495 g/mol. The fraction of sp³-hybridized carbons (Fsp3) is 0.400. The third-order valence-electron chi connectivity index (χ3n) is 6.67. The molecular weight excluding hydrogens is 469 g/mol. The monoisotopic (exact) mass is 494 g/mol. The Morgan fingerprint density at radius 2 is 1.81 bits per heavy atom. The van der Waals surface area contributed by atoms with Crippen molar-refractivity contribution in [3.05, 3.63) is 54.0 Å². The van der Waals surface area contributed by atoms with Gasteiger partial charge in [-0.3, -0.25) is 4.98 Å². The first-order valence-corrected chi connectivity index (χ1v) is 11.9. The maximum absolute atomic E-state index is 13.5. The van der Waals surface area contributed by atoms with Crippen LogP contribution in [0.15, 0.2) is 42.9 Å². The summed E-state index contributed by atoms with van der Waals surface area (Å²) >= 11 is 0. The minimum atomic E-state index is -4.46. The molecule has 0 spiro atoms. The summed E-state index contributed by atoms with van der Waals surface area (Å²) in [5.41, 5.74) is 1.09. The van der Waals surface area contributed by atoms with E-state index >= 15 is 0 Å². The van der Waals surface area contributed by atoms with E-state index in [0.717, 1.165) is 25.5 Å². The molecule has 0 aliphatic carbocycles. The average Bonchev–Trinajstić information content (AvgIpc) is 3.34. The molecule has 0 saturated carbocycles. The number of hydrogen-bond donors (Lipinski definition) is 0. The molecule has 186 valence electrons. The number of nitriles is 1. The van der Waals surface area contributed by atoms with Crippen LogP contribution >= 0.6 is 0 Å². The highest BCUT2D eigenvalue weighted by molar-refractivity contribution is 5.66. The molecule has 11 heteroatoms. The quantitative estimate of drug-likeness (QED) is 0.535. The van der Waals surface area contributed by atoms with Gasteiger partial charge in [-0.15, -0.1) is 0 Å². The molecule has 3 aromatic rings. The Balaban J connectivity index is 1.44. The summed E-state index contributed by atoms with van der Waals surface area (Å²) in [7, 11) is 0. The first-order chi connectivity index (χ1) is 17.3. The summed E-state index contributed by atoms with van der Waals surface area (Å²) in [6.07, 6.45) is 2.21. The van der Waals surface area contributed by atoms with E-state index in [-0.39, 0.29) is 5.82 Å². The number of pyridine rings is 2. The van der Waals surface area contributed by atoms with Crippen molar-refractivity contribution in [3.63, 3.8) is 0 Å². The predicted molar refractivity (Wildman–Crippen MR) is 130 cm³/mol. The molecule has 2 aliphatic heterocycles. The van der Waals surface area contributed by atoms with Crippen LogP contribution < -0.4 is 14.7 Å². The lowest BCUT2D eigenvalue weighted by Crippen LogP contribution is -2.47. The molecule has 0 aromatic carbocycles. The van der Waals surface area contributed by atoms with Crippen molar-refractivity contribution in [2.24, 2.45) is 0 Å². The molecule has 5 heterocycles. The molecule has 1 atom stereocenters. The van der Waals surface area contributed by atoms with E-state index in [1.165, 1.54) is 18.5 Å². The minimum absolute atomic E-state index is 0.0426. The van der Waals surface area contributed by atoms with E-state index in [2.05, 4.69) is 32.8 Å². The lowest BCUT2D eigenvalue weighted by molar-refractivity contribution is -0.137. The number of piperazine rings is 1. The molecule has 0 radical (unpaired) electrons. The van der Waals surface area contributed by atoms with E-state index in [9.17, 15) is 18.4 Å². The van der Waals surface area contributed by atoms with Gasteiger partial charge >= 0.3 is 6.18 Å². The Kier molecular flexibility index (Phi) is 6.35. The van der Waals surface area contributed by atoms with E-state index in [0.29, 0.717) is 60.8 Å². The van der Waals surface area contributed by atoms with Crippen LogP contribution in [0.25, 0.3) is 11.3 Å². The molecule has 3 aromatic heterocycles. The second-order valence-electron chi connectivity index (χ2n) is 9.02.